The minimum atomic E-state index is -0.841. The van der Waals surface area contributed by atoms with Crippen molar-refractivity contribution < 1.29 is 19.4 Å². The summed E-state index contributed by atoms with van der Waals surface area (Å²) in [4.78, 5) is 16.9. The molecule has 0 saturated carbocycles. The molecular formula is C17H20N2O4S2. The van der Waals surface area contributed by atoms with E-state index in [2.05, 4.69) is 10.3 Å². The molecule has 134 valence electrons. The summed E-state index contributed by atoms with van der Waals surface area (Å²) in [7, 11) is 3.21. The Morgan fingerprint density at radius 1 is 1.32 bits per heavy atom. The van der Waals surface area contributed by atoms with Crippen LogP contribution in [0.2, 0.25) is 0 Å². The lowest BCUT2D eigenvalue weighted by Crippen LogP contribution is -2.43. The molecule has 0 amide bonds. The highest BCUT2D eigenvalue weighted by Crippen LogP contribution is 2.48. The molecule has 2 atom stereocenters. The SMILES string of the molecule is COc1cccc(-c2cnc(C3NC(C(=O)O)C(C)(C)S3)s2)c1OC. The maximum absolute atomic E-state index is 11.5. The Morgan fingerprint density at radius 3 is 2.68 bits per heavy atom. The minimum Gasteiger partial charge on any atom is -0.493 e. The zero-order chi connectivity index (χ0) is 18.2. The van der Waals surface area contributed by atoms with Gasteiger partial charge in [0.2, 0.25) is 0 Å². The van der Waals surface area contributed by atoms with E-state index < -0.39 is 16.8 Å². The Morgan fingerprint density at radius 2 is 2.08 bits per heavy atom. The Balaban J connectivity index is 1.91. The minimum absolute atomic E-state index is 0.147. The number of rotatable bonds is 5. The zero-order valence-electron chi connectivity index (χ0n) is 14.4. The molecule has 6 nitrogen and oxygen atoms in total. The number of carboxylic acids is 1. The lowest BCUT2D eigenvalue weighted by Gasteiger charge is -2.20. The molecule has 2 unspecified atom stereocenters. The van der Waals surface area contributed by atoms with Gasteiger partial charge in [-0.1, -0.05) is 6.07 Å². The third-order valence-corrected chi connectivity index (χ3v) is 6.78. The number of para-hydroxylation sites is 1. The van der Waals surface area contributed by atoms with Crippen molar-refractivity contribution >= 4 is 29.1 Å². The number of carboxylic acid groups (broad SMARTS) is 1. The number of carbonyl (C=O) groups is 1. The Bertz CT molecular complexity index is 791. The first-order chi connectivity index (χ1) is 11.9. The van der Waals surface area contributed by atoms with Crippen LogP contribution in [-0.4, -0.2) is 41.1 Å². The number of benzene rings is 1. The van der Waals surface area contributed by atoms with Crippen LogP contribution in [0.3, 0.4) is 0 Å². The largest absolute Gasteiger partial charge is 0.493 e. The number of aliphatic carboxylic acids is 1. The first kappa shape index (κ1) is 18.0. The molecule has 2 aromatic rings. The van der Waals surface area contributed by atoms with Crippen LogP contribution in [0.5, 0.6) is 11.5 Å². The van der Waals surface area contributed by atoms with Gasteiger partial charge in [-0.05, 0) is 26.0 Å². The molecule has 2 heterocycles. The van der Waals surface area contributed by atoms with Crippen LogP contribution in [0.4, 0.5) is 0 Å². The number of thioether (sulfide) groups is 1. The fourth-order valence-corrected chi connectivity index (χ4v) is 5.31. The second-order valence-electron chi connectivity index (χ2n) is 6.14. The van der Waals surface area contributed by atoms with Crippen molar-refractivity contribution in [2.75, 3.05) is 14.2 Å². The third-order valence-electron chi connectivity index (χ3n) is 4.10. The van der Waals surface area contributed by atoms with E-state index in [0.29, 0.717) is 11.5 Å². The predicted molar refractivity (Wildman–Crippen MR) is 99.6 cm³/mol. The van der Waals surface area contributed by atoms with Gasteiger partial charge in [-0.2, -0.15) is 0 Å². The number of methoxy groups -OCH3 is 2. The molecule has 1 aromatic heterocycles. The predicted octanol–water partition coefficient (Wildman–Crippen LogP) is 3.39. The van der Waals surface area contributed by atoms with Gasteiger partial charge in [0.05, 0.1) is 19.1 Å². The summed E-state index contributed by atoms with van der Waals surface area (Å²) in [6.07, 6.45) is 1.79. The fraction of sp³-hybridized carbons (Fsp3) is 0.412. The standard InChI is InChI=1S/C17H20N2O4S2/c1-17(2)13(16(20)21)19-15(25-17)14-18-8-11(24-14)9-6-5-7-10(22-3)12(9)23-4/h5-8,13,15,19H,1-4H3,(H,20,21). The highest BCUT2D eigenvalue weighted by atomic mass is 32.2. The molecule has 25 heavy (non-hydrogen) atoms. The zero-order valence-corrected chi connectivity index (χ0v) is 16.0. The van der Waals surface area contributed by atoms with Gasteiger partial charge in [-0.15, -0.1) is 23.1 Å². The van der Waals surface area contributed by atoms with Gasteiger partial charge < -0.3 is 14.6 Å². The summed E-state index contributed by atoms with van der Waals surface area (Å²) in [6.45, 7) is 3.87. The first-order valence-electron chi connectivity index (χ1n) is 7.71. The highest BCUT2D eigenvalue weighted by molar-refractivity contribution is 8.01. The van der Waals surface area contributed by atoms with Gasteiger partial charge in [0.15, 0.2) is 11.5 Å². The van der Waals surface area contributed by atoms with E-state index in [1.807, 2.05) is 32.0 Å². The van der Waals surface area contributed by atoms with Gasteiger partial charge in [-0.25, -0.2) is 4.98 Å². The normalized spacial score (nSPS) is 21.9. The lowest BCUT2D eigenvalue weighted by atomic mass is 10.0. The van der Waals surface area contributed by atoms with Crippen molar-refractivity contribution in [3.8, 4) is 21.9 Å². The van der Waals surface area contributed by atoms with Gasteiger partial charge >= 0.3 is 5.97 Å². The maximum atomic E-state index is 11.5. The van der Waals surface area contributed by atoms with Gasteiger partial charge in [0.1, 0.15) is 16.4 Å². The summed E-state index contributed by atoms with van der Waals surface area (Å²) >= 11 is 3.11. The average Bonchev–Trinajstić information content (AvgIpc) is 3.17. The number of thiazole rings is 1. The lowest BCUT2D eigenvalue weighted by molar-refractivity contribution is -0.139. The van der Waals surface area contributed by atoms with Crippen molar-refractivity contribution in [2.45, 2.75) is 30.0 Å². The van der Waals surface area contributed by atoms with E-state index in [0.717, 1.165) is 15.4 Å². The van der Waals surface area contributed by atoms with Gasteiger partial charge in [-0.3, -0.25) is 10.1 Å². The summed E-state index contributed by atoms with van der Waals surface area (Å²) in [5.41, 5.74) is 0.905. The van der Waals surface area contributed by atoms with E-state index in [-0.39, 0.29) is 5.37 Å². The molecule has 8 heteroatoms. The van der Waals surface area contributed by atoms with Gasteiger partial charge in [0.25, 0.3) is 0 Å². The topological polar surface area (TPSA) is 80.7 Å². The van der Waals surface area contributed by atoms with E-state index in [4.69, 9.17) is 9.47 Å². The average molecular weight is 380 g/mol. The Labute approximate surface area is 154 Å². The number of hydrogen-bond acceptors (Lipinski definition) is 7. The molecular weight excluding hydrogens is 360 g/mol. The van der Waals surface area contributed by atoms with E-state index in [1.165, 1.54) is 11.3 Å². The summed E-state index contributed by atoms with van der Waals surface area (Å²) in [6, 6.07) is 5.10. The molecule has 1 aliphatic heterocycles. The number of hydrogen-bond donors (Lipinski definition) is 2. The summed E-state index contributed by atoms with van der Waals surface area (Å²) in [5, 5.41) is 13.3. The quantitative estimate of drug-likeness (QED) is 0.823. The first-order valence-corrected chi connectivity index (χ1v) is 9.40. The molecule has 0 aliphatic carbocycles. The van der Waals surface area contributed by atoms with Crippen molar-refractivity contribution in [1.82, 2.24) is 10.3 Å². The molecule has 1 saturated heterocycles. The van der Waals surface area contributed by atoms with Crippen molar-refractivity contribution in [2.24, 2.45) is 0 Å². The van der Waals surface area contributed by atoms with Crippen molar-refractivity contribution in [3.05, 3.63) is 29.4 Å². The van der Waals surface area contributed by atoms with E-state index in [9.17, 15) is 9.90 Å². The Hall–Kier alpha value is -1.77. The summed E-state index contributed by atoms with van der Waals surface area (Å²) in [5.74, 6) is 0.484. The molecule has 1 aliphatic rings. The summed E-state index contributed by atoms with van der Waals surface area (Å²) < 4.78 is 10.4. The smallest absolute Gasteiger partial charge is 0.322 e. The fourth-order valence-electron chi connectivity index (χ4n) is 2.86. The van der Waals surface area contributed by atoms with E-state index >= 15 is 0 Å². The third kappa shape index (κ3) is 3.33. The monoisotopic (exact) mass is 380 g/mol. The van der Waals surface area contributed by atoms with Crippen LogP contribution >= 0.6 is 23.1 Å². The van der Waals surface area contributed by atoms with Crippen LogP contribution in [0.25, 0.3) is 10.4 Å². The molecule has 2 N–H and O–H groups in total. The van der Waals surface area contributed by atoms with Crippen LogP contribution in [0.15, 0.2) is 24.4 Å². The molecule has 0 radical (unpaired) electrons. The maximum Gasteiger partial charge on any atom is 0.322 e. The molecule has 0 bridgehead atoms. The van der Waals surface area contributed by atoms with Crippen LogP contribution in [0, 0.1) is 0 Å². The number of nitrogens with one attached hydrogen (secondary N) is 1. The second-order valence-corrected chi connectivity index (χ2v) is 8.96. The second kappa shape index (κ2) is 6.86. The number of ether oxygens (including phenoxy) is 2. The molecule has 1 aromatic carbocycles. The highest BCUT2D eigenvalue weighted by Gasteiger charge is 2.46. The Kier molecular flexibility index (Phi) is 4.95. The van der Waals surface area contributed by atoms with Crippen LogP contribution in [0.1, 0.15) is 24.2 Å². The van der Waals surface area contributed by atoms with E-state index in [1.54, 1.807) is 32.2 Å². The number of aromatic nitrogens is 1. The van der Waals surface area contributed by atoms with Gasteiger partial charge in [0, 0.05) is 16.5 Å². The number of nitrogens with zero attached hydrogens (tertiary/aromatic N) is 1. The van der Waals surface area contributed by atoms with Crippen LogP contribution in [-0.2, 0) is 4.79 Å². The molecule has 3 rings (SSSR count). The molecule has 1 fully saturated rings. The molecule has 0 spiro atoms. The van der Waals surface area contributed by atoms with Crippen molar-refractivity contribution in [3.63, 3.8) is 0 Å². The van der Waals surface area contributed by atoms with Crippen LogP contribution < -0.4 is 14.8 Å². The van der Waals surface area contributed by atoms with Crippen molar-refractivity contribution in [1.29, 1.82) is 0 Å².